The fraction of sp³-hybridized carbons (Fsp3) is 0.381. The second kappa shape index (κ2) is 8.89. The van der Waals surface area contributed by atoms with Gasteiger partial charge in [-0.15, -0.1) is 0 Å². The van der Waals surface area contributed by atoms with Crippen molar-refractivity contribution < 1.29 is 4.39 Å². The molecule has 0 unspecified atom stereocenters. The van der Waals surface area contributed by atoms with Gasteiger partial charge in [-0.1, -0.05) is 0 Å². The third-order valence-electron chi connectivity index (χ3n) is 5.12. The number of aliphatic imine (C=N–C) groups is 1. The van der Waals surface area contributed by atoms with Crippen molar-refractivity contribution in [3.05, 3.63) is 54.2 Å². The molecule has 29 heavy (non-hydrogen) atoms. The van der Waals surface area contributed by atoms with Gasteiger partial charge in [-0.2, -0.15) is 0 Å². The lowest BCUT2D eigenvalue weighted by Gasteiger charge is -2.36. The molecule has 3 aromatic rings. The molecule has 2 N–H and O–H groups in total. The van der Waals surface area contributed by atoms with Gasteiger partial charge in [-0.05, 0) is 43.2 Å². The fourth-order valence-corrected chi connectivity index (χ4v) is 3.64. The summed E-state index contributed by atoms with van der Waals surface area (Å²) < 4.78 is 13.6. The van der Waals surface area contributed by atoms with E-state index in [-0.39, 0.29) is 5.82 Å². The number of hydrogen-bond acceptors (Lipinski definition) is 4. The van der Waals surface area contributed by atoms with Crippen molar-refractivity contribution in [3.8, 4) is 0 Å². The molecule has 7 nitrogen and oxygen atoms in total. The number of anilines is 1. The molecule has 1 aliphatic heterocycles. The zero-order valence-electron chi connectivity index (χ0n) is 16.6. The lowest BCUT2D eigenvalue weighted by Crippen LogP contribution is -2.53. The summed E-state index contributed by atoms with van der Waals surface area (Å²) in [6, 6.07) is 6.67. The van der Waals surface area contributed by atoms with Gasteiger partial charge in [0.1, 0.15) is 5.82 Å². The van der Waals surface area contributed by atoms with Gasteiger partial charge in [0, 0.05) is 68.8 Å². The summed E-state index contributed by atoms with van der Waals surface area (Å²) in [5, 5.41) is 4.32. The second-order valence-corrected chi connectivity index (χ2v) is 7.01. The van der Waals surface area contributed by atoms with Gasteiger partial charge in [-0.3, -0.25) is 4.99 Å². The Morgan fingerprint density at radius 2 is 2.00 bits per heavy atom. The largest absolute Gasteiger partial charge is 0.361 e. The Labute approximate surface area is 169 Å². The van der Waals surface area contributed by atoms with Gasteiger partial charge in [0.25, 0.3) is 0 Å². The molecule has 1 saturated heterocycles. The first-order valence-electron chi connectivity index (χ1n) is 10.1. The van der Waals surface area contributed by atoms with Crippen LogP contribution in [0.4, 0.5) is 10.3 Å². The summed E-state index contributed by atoms with van der Waals surface area (Å²) in [4.78, 5) is 21.2. The summed E-state index contributed by atoms with van der Waals surface area (Å²) in [7, 11) is 0. The molecule has 0 spiro atoms. The predicted molar refractivity (Wildman–Crippen MR) is 114 cm³/mol. The van der Waals surface area contributed by atoms with Crippen LogP contribution in [-0.2, 0) is 6.42 Å². The zero-order valence-corrected chi connectivity index (χ0v) is 16.6. The summed E-state index contributed by atoms with van der Waals surface area (Å²) in [5.41, 5.74) is 2.04. The van der Waals surface area contributed by atoms with Crippen LogP contribution in [0.15, 0.2) is 47.8 Å². The number of halogens is 1. The number of rotatable bonds is 5. The van der Waals surface area contributed by atoms with Crippen LogP contribution in [0.25, 0.3) is 10.9 Å². The van der Waals surface area contributed by atoms with Crippen molar-refractivity contribution in [1.82, 2.24) is 25.2 Å². The van der Waals surface area contributed by atoms with E-state index in [0.717, 1.165) is 67.5 Å². The molecule has 4 rings (SSSR count). The van der Waals surface area contributed by atoms with Crippen molar-refractivity contribution >= 4 is 22.8 Å². The zero-order chi connectivity index (χ0) is 20.1. The number of hydrogen-bond donors (Lipinski definition) is 2. The summed E-state index contributed by atoms with van der Waals surface area (Å²) in [6.07, 6.45) is 6.26. The molecule has 0 atom stereocenters. The topological polar surface area (TPSA) is 72.4 Å². The van der Waals surface area contributed by atoms with Crippen molar-refractivity contribution in [3.63, 3.8) is 0 Å². The Hall–Kier alpha value is -3.16. The van der Waals surface area contributed by atoms with E-state index in [2.05, 4.69) is 37.0 Å². The lowest BCUT2D eigenvalue weighted by molar-refractivity contribution is 0.370. The second-order valence-electron chi connectivity index (χ2n) is 7.01. The first kappa shape index (κ1) is 19.2. The Morgan fingerprint density at radius 1 is 1.21 bits per heavy atom. The van der Waals surface area contributed by atoms with E-state index >= 15 is 0 Å². The van der Waals surface area contributed by atoms with E-state index in [1.807, 2.05) is 12.3 Å². The molecular formula is C21H26FN7. The van der Waals surface area contributed by atoms with E-state index < -0.39 is 0 Å². The predicted octanol–water partition coefficient (Wildman–Crippen LogP) is 2.43. The molecule has 1 aliphatic rings. The Kier molecular flexibility index (Phi) is 5.88. The van der Waals surface area contributed by atoms with Crippen LogP contribution >= 0.6 is 0 Å². The molecule has 152 valence electrons. The van der Waals surface area contributed by atoms with Gasteiger partial charge in [0.2, 0.25) is 5.95 Å². The van der Waals surface area contributed by atoms with Crippen LogP contribution < -0.4 is 10.2 Å². The lowest BCUT2D eigenvalue weighted by atomic mass is 10.1. The maximum Gasteiger partial charge on any atom is 0.225 e. The molecule has 0 amide bonds. The first-order valence-corrected chi connectivity index (χ1v) is 10.1. The maximum atomic E-state index is 13.6. The normalized spacial score (nSPS) is 15.2. The fourth-order valence-electron chi connectivity index (χ4n) is 3.64. The van der Waals surface area contributed by atoms with Gasteiger partial charge >= 0.3 is 0 Å². The molecule has 0 radical (unpaired) electrons. The van der Waals surface area contributed by atoms with Crippen LogP contribution in [0.5, 0.6) is 0 Å². The number of nitrogens with one attached hydrogen (secondary N) is 2. The molecule has 0 saturated carbocycles. The van der Waals surface area contributed by atoms with Gasteiger partial charge in [0.15, 0.2) is 5.96 Å². The highest BCUT2D eigenvalue weighted by atomic mass is 19.1. The molecule has 8 heteroatoms. The molecule has 0 bridgehead atoms. The number of aromatic amines is 1. The van der Waals surface area contributed by atoms with Crippen LogP contribution in [0.3, 0.4) is 0 Å². The highest BCUT2D eigenvalue weighted by Gasteiger charge is 2.21. The summed E-state index contributed by atoms with van der Waals surface area (Å²) in [6.45, 7) is 6.98. The SMILES string of the molecule is CCNC(=NCCc1c[nH]c2ccc(F)cc12)N1CCN(c2ncccn2)CC1. The van der Waals surface area contributed by atoms with Crippen LogP contribution in [0.1, 0.15) is 12.5 Å². The monoisotopic (exact) mass is 395 g/mol. The smallest absolute Gasteiger partial charge is 0.225 e. The number of aromatic nitrogens is 3. The number of H-pyrrole nitrogens is 1. The maximum absolute atomic E-state index is 13.6. The van der Waals surface area contributed by atoms with Crippen LogP contribution in [0, 0.1) is 5.82 Å². The molecular weight excluding hydrogens is 369 g/mol. The average molecular weight is 395 g/mol. The van der Waals surface area contributed by atoms with Crippen molar-refractivity contribution in [2.45, 2.75) is 13.3 Å². The van der Waals surface area contributed by atoms with Gasteiger partial charge < -0.3 is 20.1 Å². The van der Waals surface area contributed by atoms with Crippen molar-refractivity contribution in [2.24, 2.45) is 4.99 Å². The summed E-state index contributed by atoms with van der Waals surface area (Å²) in [5.74, 6) is 1.49. The standard InChI is InChI=1S/C21H26FN7/c1-2-23-20(28-10-12-29(13-11-28)21-24-7-3-8-25-21)26-9-6-16-15-27-19-5-4-17(22)14-18(16)19/h3-5,7-8,14-15,27H,2,6,9-13H2,1H3,(H,23,26). The number of piperazine rings is 1. The minimum atomic E-state index is -0.213. The minimum absolute atomic E-state index is 0.213. The molecule has 0 aliphatic carbocycles. The minimum Gasteiger partial charge on any atom is -0.361 e. The Balaban J connectivity index is 1.38. The third kappa shape index (κ3) is 4.47. The number of guanidine groups is 1. The van der Waals surface area contributed by atoms with Gasteiger partial charge in [-0.25, -0.2) is 14.4 Å². The molecule has 1 fully saturated rings. The van der Waals surface area contributed by atoms with Crippen molar-refractivity contribution in [1.29, 1.82) is 0 Å². The number of nitrogens with zero attached hydrogens (tertiary/aromatic N) is 5. The number of fused-ring (bicyclic) bond motifs is 1. The van der Waals surface area contributed by atoms with E-state index in [1.165, 1.54) is 6.07 Å². The quantitative estimate of drug-likeness (QED) is 0.513. The average Bonchev–Trinajstić information content (AvgIpc) is 3.16. The Morgan fingerprint density at radius 3 is 2.76 bits per heavy atom. The first-order chi connectivity index (χ1) is 14.2. The van der Waals surface area contributed by atoms with E-state index in [0.29, 0.717) is 6.54 Å². The highest BCUT2D eigenvalue weighted by molar-refractivity contribution is 5.83. The van der Waals surface area contributed by atoms with E-state index in [9.17, 15) is 4.39 Å². The van der Waals surface area contributed by atoms with Crippen LogP contribution in [0.2, 0.25) is 0 Å². The highest BCUT2D eigenvalue weighted by Crippen LogP contribution is 2.20. The van der Waals surface area contributed by atoms with Crippen molar-refractivity contribution in [2.75, 3.05) is 44.2 Å². The van der Waals surface area contributed by atoms with E-state index in [4.69, 9.17) is 4.99 Å². The van der Waals surface area contributed by atoms with E-state index in [1.54, 1.807) is 24.5 Å². The molecule has 1 aromatic carbocycles. The molecule has 3 heterocycles. The van der Waals surface area contributed by atoms with Gasteiger partial charge in [0.05, 0.1) is 0 Å². The Bertz CT molecular complexity index is 962. The third-order valence-corrected chi connectivity index (χ3v) is 5.12. The molecule has 2 aromatic heterocycles. The number of benzene rings is 1. The summed E-state index contributed by atoms with van der Waals surface area (Å²) >= 11 is 0. The van der Waals surface area contributed by atoms with Crippen LogP contribution in [-0.4, -0.2) is 65.1 Å².